The molecule has 0 aromatic carbocycles. The summed E-state index contributed by atoms with van der Waals surface area (Å²) < 4.78 is 17.1. The standard InChI is InChI=1S/C21H30O6/c1-12(2)16-6-5-13(3)9-17(16)26-19-10-15(23)7-8-21(19)11-18(20(24)27-21)25-14(4)22/h11-13,16-17,19H,5-10H2,1-4H3/t13-,16+,17-,19+,21+/m1/s1. The predicted molar refractivity (Wildman–Crippen MR) is 97.5 cm³/mol. The van der Waals surface area contributed by atoms with Gasteiger partial charge in [0.25, 0.3) is 0 Å². The molecule has 5 atom stereocenters. The van der Waals surface area contributed by atoms with E-state index >= 15 is 0 Å². The molecule has 1 spiro atoms. The molecule has 6 nitrogen and oxygen atoms in total. The summed E-state index contributed by atoms with van der Waals surface area (Å²) in [6.45, 7) is 7.87. The molecule has 150 valence electrons. The molecule has 0 amide bonds. The van der Waals surface area contributed by atoms with Crippen LogP contribution < -0.4 is 0 Å². The van der Waals surface area contributed by atoms with Crippen molar-refractivity contribution in [1.29, 1.82) is 0 Å². The third kappa shape index (κ3) is 4.26. The van der Waals surface area contributed by atoms with E-state index in [2.05, 4.69) is 20.8 Å². The Kier molecular flexibility index (Phi) is 5.75. The van der Waals surface area contributed by atoms with Gasteiger partial charge < -0.3 is 14.2 Å². The first-order valence-electron chi connectivity index (χ1n) is 10.0. The second-order valence-corrected chi connectivity index (χ2v) is 8.68. The monoisotopic (exact) mass is 378 g/mol. The van der Waals surface area contributed by atoms with Crippen molar-refractivity contribution in [1.82, 2.24) is 0 Å². The number of esters is 2. The van der Waals surface area contributed by atoms with Crippen LogP contribution in [0.25, 0.3) is 0 Å². The van der Waals surface area contributed by atoms with Crippen LogP contribution in [-0.2, 0) is 28.6 Å². The molecule has 2 aliphatic carbocycles. The molecule has 6 heteroatoms. The molecule has 0 aromatic rings. The van der Waals surface area contributed by atoms with E-state index in [0.717, 1.165) is 12.8 Å². The van der Waals surface area contributed by atoms with Crippen LogP contribution in [0.4, 0.5) is 0 Å². The Hall–Kier alpha value is -1.69. The van der Waals surface area contributed by atoms with Crippen LogP contribution in [0.2, 0.25) is 0 Å². The van der Waals surface area contributed by atoms with Gasteiger partial charge >= 0.3 is 11.9 Å². The molecule has 3 rings (SSSR count). The maximum absolute atomic E-state index is 12.2. The van der Waals surface area contributed by atoms with Gasteiger partial charge in [0.05, 0.1) is 6.10 Å². The van der Waals surface area contributed by atoms with Crippen molar-refractivity contribution in [3.8, 4) is 0 Å². The molecule has 0 saturated heterocycles. The minimum Gasteiger partial charge on any atom is -0.446 e. The molecule has 1 aliphatic heterocycles. The smallest absolute Gasteiger partial charge is 0.375 e. The molecule has 27 heavy (non-hydrogen) atoms. The zero-order valence-corrected chi connectivity index (χ0v) is 16.7. The highest BCUT2D eigenvalue weighted by atomic mass is 16.6. The van der Waals surface area contributed by atoms with Gasteiger partial charge in [-0.15, -0.1) is 0 Å². The summed E-state index contributed by atoms with van der Waals surface area (Å²) >= 11 is 0. The number of hydrogen-bond donors (Lipinski definition) is 0. The van der Waals surface area contributed by atoms with Crippen LogP contribution in [-0.4, -0.2) is 35.5 Å². The van der Waals surface area contributed by atoms with Crippen LogP contribution in [0, 0.1) is 17.8 Å². The first-order chi connectivity index (χ1) is 12.7. The van der Waals surface area contributed by atoms with E-state index in [0.29, 0.717) is 30.6 Å². The number of rotatable bonds is 4. The Balaban J connectivity index is 1.84. The first kappa shape index (κ1) is 20.1. The fourth-order valence-electron chi connectivity index (χ4n) is 4.66. The topological polar surface area (TPSA) is 78.9 Å². The molecule has 0 aromatic heterocycles. The van der Waals surface area contributed by atoms with E-state index in [4.69, 9.17) is 14.2 Å². The average molecular weight is 378 g/mol. The Labute approximate surface area is 160 Å². The van der Waals surface area contributed by atoms with E-state index < -0.39 is 23.6 Å². The molecule has 3 aliphatic rings. The van der Waals surface area contributed by atoms with E-state index in [1.807, 2.05) is 0 Å². The van der Waals surface area contributed by atoms with E-state index in [9.17, 15) is 14.4 Å². The minimum atomic E-state index is -1.02. The van der Waals surface area contributed by atoms with Crippen LogP contribution in [0.3, 0.4) is 0 Å². The van der Waals surface area contributed by atoms with Gasteiger partial charge in [-0.2, -0.15) is 0 Å². The van der Waals surface area contributed by atoms with Crippen molar-refractivity contribution >= 4 is 17.7 Å². The zero-order chi connectivity index (χ0) is 19.8. The van der Waals surface area contributed by atoms with Crippen LogP contribution in [0.5, 0.6) is 0 Å². The number of carbonyl (C=O) groups is 3. The van der Waals surface area contributed by atoms with Crippen molar-refractivity contribution in [2.24, 2.45) is 17.8 Å². The maximum atomic E-state index is 12.2. The summed E-state index contributed by atoms with van der Waals surface area (Å²) in [6.07, 6.45) is 5.19. The third-order valence-electron chi connectivity index (χ3n) is 6.17. The van der Waals surface area contributed by atoms with E-state index in [1.165, 1.54) is 13.3 Å². The molecule has 2 fully saturated rings. The Morgan fingerprint density at radius 3 is 2.70 bits per heavy atom. The lowest BCUT2D eigenvalue weighted by atomic mass is 9.74. The second-order valence-electron chi connectivity index (χ2n) is 8.68. The highest BCUT2D eigenvalue weighted by Gasteiger charge is 2.52. The fourth-order valence-corrected chi connectivity index (χ4v) is 4.66. The van der Waals surface area contributed by atoms with Crippen molar-refractivity contribution in [3.05, 3.63) is 11.8 Å². The van der Waals surface area contributed by atoms with Gasteiger partial charge in [-0.3, -0.25) is 9.59 Å². The fraction of sp³-hybridized carbons (Fsp3) is 0.762. The molecule has 0 radical (unpaired) electrons. The number of ether oxygens (including phenoxy) is 3. The van der Waals surface area contributed by atoms with Gasteiger partial charge in [0.1, 0.15) is 11.9 Å². The summed E-state index contributed by atoms with van der Waals surface area (Å²) in [4.78, 5) is 35.6. The van der Waals surface area contributed by atoms with Crippen LogP contribution in [0.15, 0.2) is 11.8 Å². The summed E-state index contributed by atoms with van der Waals surface area (Å²) in [5.41, 5.74) is -1.02. The van der Waals surface area contributed by atoms with E-state index in [1.54, 1.807) is 6.08 Å². The average Bonchev–Trinajstić information content (AvgIpc) is 2.87. The number of hydrogen-bond acceptors (Lipinski definition) is 6. The van der Waals surface area contributed by atoms with Gasteiger partial charge in [-0.1, -0.05) is 27.2 Å². The van der Waals surface area contributed by atoms with Crippen molar-refractivity contribution < 1.29 is 28.6 Å². The largest absolute Gasteiger partial charge is 0.446 e. The molecule has 0 N–H and O–H groups in total. The van der Waals surface area contributed by atoms with Gasteiger partial charge in [0.15, 0.2) is 5.60 Å². The van der Waals surface area contributed by atoms with E-state index in [-0.39, 0.29) is 24.1 Å². The van der Waals surface area contributed by atoms with Gasteiger partial charge in [0, 0.05) is 32.3 Å². The first-order valence-corrected chi connectivity index (χ1v) is 10.0. The molecule has 2 saturated carbocycles. The number of Topliss-reactive ketones (excluding diaryl/α,β-unsaturated/α-hetero) is 1. The predicted octanol–water partition coefficient (Wildman–Crippen LogP) is 3.33. The second kappa shape index (κ2) is 7.74. The highest BCUT2D eigenvalue weighted by Crippen LogP contribution is 2.43. The molecule has 0 unspecified atom stereocenters. The Bertz CT molecular complexity index is 651. The van der Waals surface area contributed by atoms with Gasteiger partial charge in [-0.05, 0) is 30.6 Å². The van der Waals surface area contributed by atoms with Crippen LogP contribution >= 0.6 is 0 Å². The maximum Gasteiger partial charge on any atom is 0.375 e. The Morgan fingerprint density at radius 2 is 2.04 bits per heavy atom. The van der Waals surface area contributed by atoms with Gasteiger partial charge in [0.2, 0.25) is 5.76 Å². The summed E-state index contributed by atoms with van der Waals surface area (Å²) in [5.74, 6) is 0.258. The lowest BCUT2D eigenvalue weighted by Gasteiger charge is -2.44. The number of carbonyl (C=O) groups excluding carboxylic acids is 3. The molecule has 1 heterocycles. The summed E-state index contributed by atoms with van der Waals surface area (Å²) in [6, 6.07) is 0. The van der Waals surface area contributed by atoms with Crippen molar-refractivity contribution in [2.75, 3.05) is 0 Å². The third-order valence-corrected chi connectivity index (χ3v) is 6.17. The quantitative estimate of drug-likeness (QED) is 0.698. The van der Waals surface area contributed by atoms with Crippen molar-refractivity contribution in [2.45, 2.75) is 84.0 Å². The Morgan fingerprint density at radius 1 is 1.30 bits per heavy atom. The minimum absolute atomic E-state index is 0.0337. The highest BCUT2D eigenvalue weighted by molar-refractivity contribution is 5.92. The lowest BCUT2D eigenvalue weighted by Crippen LogP contribution is -2.51. The normalized spacial score (nSPS) is 36.7. The molecular formula is C21H30O6. The molecule has 0 bridgehead atoms. The SMILES string of the molecule is CC(=O)OC1=C[C@]2(CCC(=O)C[C@@H]2O[C@@H]2C[C@H](C)CC[C@H]2C(C)C)OC1=O. The van der Waals surface area contributed by atoms with Crippen molar-refractivity contribution in [3.63, 3.8) is 0 Å². The summed E-state index contributed by atoms with van der Waals surface area (Å²) in [5, 5.41) is 0. The zero-order valence-electron chi connectivity index (χ0n) is 16.7. The van der Waals surface area contributed by atoms with Gasteiger partial charge in [-0.25, -0.2) is 4.79 Å². The van der Waals surface area contributed by atoms with Crippen LogP contribution in [0.1, 0.15) is 66.2 Å². The molecular weight excluding hydrogens is 348 g/mol. The summed E-state index contributed by atoms with van der Waals surface area (Å²) in [7, 11) is 0. The number of ketones is 1. The lowest BCUT2D eigenvalue weighted by molar-refractivity contribution is -0.186.